The van der Waals surface area contributed by atoms with Crippen LogP contribution in [0.3, 0.4) is 0 Å². The van der Waals surface area contributed by atoms with Gasteiger partial charge in [0.2, 0.25) is 5.84 Å². The monoisotopic (exact) mass is 220 g/mol. The van der Waals surface area contributed by atoms with Crippen LogP contribution >= 0.6 is 0 Å². The number of nitrogens with zero attached hydrogens (tertiary/aromatic N) is 1. The molecule has 0 bridgehead atoms. The van der Waals surface area contributed by atoms with Crippen molar-refractivity contribution in [2.75, 3.05) is 6.54 Å². The van der Waals surface area contributed by atoms with Gasteiger partial charge in [-0.2, -0.15) is 0 Å². The second kappa shape index (κ2) is 8.16. The third-order valence-corrected chi connectivity index (χ3v) is 1.64. The van der Waals surface area contributed by atoms with E-state index in [1.165, 1.54) is 6.34 Å². The van der Waals surface area contributed by atoms with E-state index in [9.17, 15) is 4.79 Å². The normalized spacial score (nSPS) is 11.9. The molecule has 0 spiro atoms. The highest BCUT2D eigenvalue weighted by molar-refractivity contribution is 6.37. The van der Waals surface area contributed by atoms with Crippen molar-refractivity contribution in [3.05, 3.63) is 36.5 Å². The number of hydrogen-bond acceptors (Lipinski definition) is 2. The highest BCUT2D eigenvalue weighted by Gasteiger charge is 1.98. The van der Waals surface area contributed by atoms with Crippen LogP contribution in [0.25, 0.3) is 0 Å². The Morgan fingerprint density at radius 3 is 2.81 bits per heavy atom. The first kappa shape index (κ1) is 13.8. The summed E-state index contributed by atoms with van der Waals surface area (Å²) < 4.78 is 0. The molecule has 0 aromatic heterocycles. The van der Waals surface area contributed by atoms with Crippen molar-refractivity contribution in [1.29, 1.82) is 5.41 Å². The Kier molecular flexibility index (Phi) is 7.06. The van der Waals surface area contributed by atoms with Crippen LogP contribution in [-0.2, 0) is 4.79 Å². The number of allylic oxidation sites excluding steroid dienone is 3. The molecule has 0 radical (unpaired) electrons. The summed E-state index contributed by atoms with van der Waals surface area (Å²) in [7, 11) is 0. The maximum absolute atomic E-state index is 10.4. The largest absolute Gasteiger partial charge is 0.372 e. The fraction of sp³-hybridized carbons (Fsp3) is 0.182. The van der Waals surface area contributed by atoms with E-state index in [0.29, 0.717) is 6.54 Å². The molecule has 0 aromatic carbocycles. The Bertz CT molecular complexity index is 353. The molecule has 0 aromatic rings. The van der Waals surface area contributed by atoms with Crippen LogP contribution in [-0.4, -0.2) is 24.6 Å². The van der Waals surface area contributed by atoms with Crippen molar-refractivity contribution in [2.45, 2.75) is 6.92 Å². The van der Waals surface area contributed by atoms with E-state index < -0.39 is 11.7 Å². The van der Waals surface area contributed by atoms with Crippen LogP contribution in [0.1, 0.15) is 6.92 Å². The Labute approximate surface area is 95.0 Å². The van der Waals surface area contributed by atoms with E-state index in [4.69, 9.17) is 11.1 Å². The lowest BCUT2D eigenvalue weighted by Crippen LogP contribution is -2.22. The summed E-state index contributed by atoms with van der Waals surface area (Å²) >= 11 is 0. The van der Waals surface area contributed by atoms with Gasteiger partial charge in [-0.05, 0) is 12.5 Å². The first-order valence-corrected chi connectivity index (χ1v) is 4.70. The molecule has 0 aliphatic carbocycles. The molecule has 0 saturated carbocycles. The van der Waals surface area contributed by atoms with Crippen LogP contribution in [0.4, 0.5) is 0 Å². The Morgan fingerprint density at radius 2 is 2.31 bits per heavy atom. The van der Waals surface area contributed by atoms with Gasteiger partial charge in [-0.25, -0.2) is 4.99 Å². The molecule has 4 N–H and O–H groups in total. The molecule has 0 heterocycles. The van der Waals surface area contributed by atoms with Gasteiger partial charge < -0.3 is 11.1 Å². The number of rotatable bonds is 5. The zero-order chi connectivity index (χ0) is 12.4. The van der Waals surface area contributed by atoms with Crippen molar-refractivity contribution in [3.8, 4) is 0 Å². The number of aliphatic imine (C=N–C) groups is 1. The number of nitrogens with two attached hydrogens (primary N) is 1. The quantitative estimate of drug-likeness (QED) is 0.362. The highest BCUT2D eigenvalue weighted by Crippen LogP contribution is 1.94. The van der Waals surface area contributed by atoms with Crippen LogP contribution in [0, 0.1) is 5.41 Å². The first-order valence-electron chi connectivity index (χ1n) is 4.70. The van der Waals surface area contributed by atoms with Gasteiger partial charge in [0.25, 0.3) is 5.91 Å². The van der Waals surface area contributed by atoms with Crippen molar-refractivity contribution in [3.63, 3.8) is 0 Å². The molecule has 0 fully saturated rings. The van der Waals surface area contributed by atoms with E-state index in [1.807, 2.05) is 25.2 Å². The number of amidine groups is 1. The summed E-state index contributed by atoms with van der Waals surface area (Å²) in [4.78, 5) is 14.0. The van der Waals surface area contributed by atoms with E-state index >= 15 is 0 Å². The highest BCUT2D eigenvalue weighted by atomic mass is 16.1. The molecule has 5 heteroatoms. The average Bonchev–Trinajstić information content (AvgIpc) is 2.27. The molecule has 16 heavy (non-hydrogen) atoms. The third kappa shape index (κ3) is 6.31. The second-order valence-electron chi connectivity index (χ2n) is 2.81. The van der Waals surface area contributed by atoms with Gasteiger partial charge in [0.05, 0.1) is 6.34 Å². The van der Waals surface area contributed by atoms with Crippen LogP contribution < -0.4 is 11.1 Å². The predicted octanol–water partition coefficient (Wildman–Crippen LogP) is 0.755. The summed E-state index contributed by atoms with van der Waals surface area (Å²) in [5, 5.41) is 9.87. The van der Waals surface area contributed by atoms with Crippen molar-refractivity contribution >= 4 is 18.1 Å². The molecule has 0 rings (SSSR count). The molecular formula is C11H16N4O. The van der Waals surface area contributed by atoms with E-state index in [-0.39, 0.29) is 0 Å². The maximum Gasteiger partial charge on any atom is 0.285 e. The van der Waals surface area contributed by atoms with Gasteiger partial charge in [-0.3, -0.25) is 10.2 Å². The number of nitrogens with one attached hydrogen (secondary N) is 2. The van der Waals surface area contributed by atoms with Crippen LogP contribution in [0.2, 0.25) is 0 Å². The van der Waals surface area contributed by atoms with Gasteiger partial charge >= 0.3 is 0 Å². The molecule has 1 amide bonds. The smallest absolute Gasteiger partial charge is 0.285 e. The van der Waals surface area contributed by atoms with Gasteiger partial charge in [-0.15, -0.1) is 0 Å². The maximum atomic E-state index is 10.4. The summed E-state index contributed by atoms with van der Waals surface area (Å²) in [6.45, 7) is 6.03. The van der Waals surface area contributed by atoms with E-state index in [1.54, 1.807) is 6.08 Å². The summed E-state index contributed by atoms with van der Waals surface area (Å²) in [5.74, 6) is -1.33. The molecule has 0 unspecified atom stereocenters. The summed E-state index contributed by atoms with van der Waals surface area (Å²) in [5.41, 5.74) is 5.87. The van der Waals surface area contributed by atoms with Gasteiger partial charge in [-0.1, -0.05) is 30.9 Å². The summed E-state index contributed by atoms with van der Waals surface area (Å²) in [6, 6.07) is 0. The minimum atomic E-state index is -0.851. The number of carbonyl (C=O) groups excluding carboxylic acids is 1. The molecule has 0 saturated heterocycles. The van der Waals surface area contributed by atoms with E-state index in [0.717, 1.165) is 5.57 Å². The van der Waals surface area contributed by atoms with Crippen molar-refractivity contribution < 1.29 is 4.79 Å². The lowest BCUT2D eigenvalue weighted by Gasteiger charge is -2.00. The molecule has 0 aliphatic rings. The number of hydrogen-bond donors (Lipinski definition) is 3. The minimum absolute atomic E-state index is 0.476. The Morgan fingerprint density at radius 1 is 1.62 bits per heavy atom. The van der Waals surface area contributed by atoms with E-state index in [2.05, 4.69) is 16.9 Å². The average molecular weight is 220 g/mol. The van der Waals surface area contributed by atoms with Gasteiger partial charge in [0.1, 0.15) is 0 Å². The third-order valence-electron chi connectivity index (χ3n) is 1.64. The molecule has 86 valence electrons. The van der Waals surface area contributed by atoms with Gasteiger partial charge in [0, 0.05) is 6.54 Å². The van der Waals surface area contributed by atoms with Crippen molar-refractivity contribution in [1.82, 2.24) is 5.32 Å². The van der Waals surface area contributed by atoms with Crippen LogP contribution in [0.15, 0.2) is 41.4 Å². The predicted molar refractivity (Wildman–Crippen MR) is 66.5 cm³/mol. The first-order chi connectivity index (χ1) is 7.61. The number of primary amides is 1. The van der Waals surface area contributed by atoms with Crippen LogP contribution in [0.5, 0.6) is 0 Å². The molecule has 0 atom stereocenters. The second-order valence-corrected chi connectivity index (χ2v) is 2.81. The SMILES string of the molecule is C=C/C=C\C(=C/C)CN/C=N\C(=N)C(N)=O. The Hall–Kier alpha value is -2.17. The Balaban J connectivity index is 4.06. The zero-order valence-corrected chi connectivity index (χ0v) is 9.23. The minimum Gasteiger partial charge on any atom is -0.372 e. The number of carbonyl (C=O) groups is 1. The summed E-state index contributed by atoms with van der Waals surface area (Å²) in [6.07, 6.45) is 8.60. The lowest BCUT2D eigenvalue weighted by molar-refractivity contribution is -0.112. The topological polar surface area (TPSA) is 91.3 Å². The molecule has 0 aliphatic heterocycles. The molecular weight excluding hydrogens is 204 g/mol. The molecule has 5 nitrogen and oxygen atoms in total. The van der Waals surface area contributed by atoms with Gasteiger partial charge in [0.15, 0.2) is 0 Å². The number of amides is 1. The fourth-order valence-electron chi connectivity index (χ4n) is 0.786. The lowest BCUT2D eigenvalue weighted by atomic mass is 10.2. The van der Waals surface area contributed by atoms with Crippen molar-refractivity contribution in [2.24, 2.45) is 10.7 Å². The fourth-order valence-corrected chi connectivity index (χ4v) is 0.786. The standard InChI is InChI=1S/C11H16N4O/c1-3-5-6-9(4-2)7-14-8-15-10(12)11(13)16/h3-6,8H,1,7H2,2H3,(H2,13,16)(H2,12,14,15)/b6-5-,9-4+. The zero-order valence-electron chi connectivity index (χ0n) is 9.23.